The second-order valence-corrected chi connectivity index (χ2v) is 8.40. The van der Waals surface area contributed by atoms with Crippen molar-refractivity contribution in [3.8, 4) is 11.8 Å². The summed E-state index contributed by atoms with van der Waals surface area (Å²) in [6.45, 7) is 1.87. The van der Waals surface area contributed by atoms with Crippen LogP contribution in [0.4, 0.5) is 10.2 Å². The van der Waals surface area contributed by atoms with Crippen molar-refractivity contribution in [2.75, 3.05) is 45.7 Å². The Morgan fingerprint density at radius 2 is 1.97 bits per heavy atom. The maximum Gasteiger partial charge on any atom is 0.318 e. The number of hydrogen-bond donors (Lipinski definition) is 1. The van der Waals surface area contributed by atoms with E-state index in [0.717, 1.165) is 18.5 Å². The molecule has 35 heavy (non-hydrogen) atoms. The number of amides is 1. The first-order chi connectivity index (χ1) is 17.0. The Kier molecular flexibility index (Phi) is 7.77. The maximum atomic E-state index is 15.1. The lowest BCUT2D eigenvalue weighted by Gasteiger charge is -2.22. The van der Waals surface area contributed by atoms with Gasteiger partial charge < -0.3 is 24.6 Å². The van der Waals surface area contributed by atoms with Crippen LogP contribution in [0, 0.1) is 5.82 Å². The van der Waals surface area contributed by atoms with Crippen LogP contribution in [-0.2, 0) is 6.54 Å². The van der Waals surface area contributed by atoms with Gasteiger partial charge in [0.15, 0.2) is 0 Å². The van der Waals surface area contributed by atoms with Gasteiger partial charge in [-0.05, 0) is 25.2 Å². The van der Waals surface area contributed by atoms with Crippen molar-refractivity contribution >= 4 is 11.7 Å². The Labute approximate surface area is 204 Å². The molecule has 0 bridgehead atoms. The number of rotatable bonds is 9. The van der Waals surface area contributed by atoms with Crippen LogP contribution in [0.15, 0.2) is 54.7 Å². The summed E-state index contributed by atoms with van der Waals surface area (Å²) >= 11 is 0. The number of likely N-dealkylation sites (N-methyl/N-ethyl adjacent to an activating group) is 1. The van der Waals surface area contributed by atoms with Crippen LogP contribution < -0.4 is 19.7 Å². The summed E-state index contributed by atoms with van der Waals surface area (Å²) < 4.78 is 26.4. The second kappa shape index (κ2) is 11.1. The highest BCUT2D eigenvalue weighted by atomic mass is 19.1. The number of ether oxygens (including phenoxy) is 2. The number of fused-ring (bicyclic) bond motifs is 1. The highest BCUT2D eigenvalue weighted by Crippen LogP contribution is 2.28. The zero-order valence-electron chi connectivity index (χ0n) is 20.2. The van der Waals surface area contributed by atoms with E-state index in [2.05, 4.69) is 15.3 Å². The number of aromatic nitrogens is 2. The molecule has 1 N–H and O–H groups in total. The lowest BCUT2D eigenvalue weighted by Crippen LogP contribution is -2.33. The molecule has 1 aliphatic heterocycles. The molecule has 1 amide bonds. The van der Waals surface area contributed by atoms with Crippen molar-refractivity contribution in [1.29, 1.82) is 0 Å². The summed E-state index contributed by atoms with van der Waals surface area (Å²) in [6.07, 6.45) is 2.00. The molecule has 0 spiro atoms. The number of nitrogens with one attached hydrogen (secondary N) is 1. The average molecular weight is 480 g/mol. The first kappa shape index (κ1) is 24.4. The minimum absolute atomic E-state index is 0.131. The monoisotopic (exact) mass is 479 g/mol. The smallest absolute Gasteiger partial charge is 0.318 e. The number of methoxy groups -OCH3 is 1. The van der Waals surface area contributed by atoms with E-state index in [1.165, 1.54) is 19.4 Å². The van der Waals surface area contributed by atoms with E-state index >= 15 is 4.39 Å². The van der Waals surface area contributed by atoms with Crippen LogP contribution in [0.25, 0.3) is 0 Å². The molecule has 1 aliphatic rings. The largest absolute Gasteiger partial charge is 0.486 e. The van der Waals surface area contributed by atoms with Crippen molar-refractivity contribution in [3.63, 3.8) is 0 Å². The molecule has 1 aromatic heterocycles. The van der Waals surface area contributed by atoms with Gasteiger partial charge in [-0.2, -0.15) is 4.98 Å². The topological polar surface area (TPSA) is 79.8 Å². The summed E-state index contributed by atoms with van der Waals surface area (Å²) in [5, 5.41) is 3.13. The predicted octanol–water partition coefficient (Wildman–Crippen LogP) is 3.45. The Hall–Kier alpha value is -3.72. The van der Waals surface area contributed by atoms with Gasteiger partial charge >= 0.3 is 6.01 Å². The molecular formula is C26H30FN5O3. The van der Waals surface area contributed by atoms with E-state index < -0.39 is 5.82 Å². The van der Waals surface area contributed by atoms with Crippen LogP contribution in [0.3, 0.4) is 0 Å². The van der Waals surface area contributed by atoms with Gasteiger partial charge in [0.2, 0.25) is 0 Å². The van der Waals surface area contributed by atoms with Gasteiger partial charge in [0.05, 0.1) is 7.11 Å². The van der Waals surface area contributed by atoms with Crippen molar-refractivity contribution in [3.05, 3.63) is 77.2 Å². The Morgan fingerprint density at radius 3 is 2.69 bits per heavy atom. The Balaban J connectivity index is 1.51. The first-order valence-corrected chi connectivity index (χ1v) is 11.6. The highest BCUT2D eigenvalue weighted by Gasteiger charge is 2.28. The summed E-state index contributed by atoms with van der Waals surface area (Å²) in [4.78, 5) is 25.1. The quantitative estimate of drug-likeness (QED) is 0.504. The van der Waals surface area contributed by atoms with E-state index in [0.29, 0.717) is 35.8 Å². The van der Waals surface area contributed by atoms with Gasteiger partial charge in [-0.1, -0.05) is 36.4 Å². The van der Waals surface area contributed by atoms with Gasteiger partial charge in [0.1, 0.15) is 29.1 Å². The lowest BCUT2D eigenvalue weighted by molar-refractivity contribution is 0.0752. The molecular weight excluding hydrogens is 449 g/mol. The number of halogens is 1. The molecule has 0 aliphatic carbocycles. The molecule has 9 heteroatoms. The third-order valence-corrected chi connectivity index (χ3v) is 6.01. The summed E-state index contributed by atoms with van der Waals surface area (Å²) in [5.41, 5.74) is 1.81. The van der Waals surface area contributed by atoms with E-state index in [1.807, 2.05) is 49.3 Å². The number of anilines is 1. The van der Waals surface area contributed by atoms with Crippen molar-refractivity contribution < 1.29 is 18.7 Å². The van der Waals surface area contributed by atoms with Crippen molar-refractivity contribution in [2.24, 2.45) is 0 Å². The molecule has 0 fully saturated rings. The Bertz CT molecular complexity index is 1160. The maximum absolute atomic E-state index is 15.1. The fourth-order valence-electron chi connectivity index (χ4n) is 4.03. The van der Waals surface area contributed by atoms with Gasteiger partial charge in [0.25, 0.3) is 5.91 Å². The van der Waals surface area contributed by atoms with Gasteiger partial charge in [0, 0.05) is 50.9 Å². The fourth-order valence-corrected chi connectivity index (χ4v) is 4.03. The van der Waals surface area contributed by atoms with E-state index in [9.17, 15) is 4.79 Å². The van der Waals surface area contributed by atoms with E-state index in [4.69, 9.17) is 9.47 Å². The number of carbonyl (C=O) groups is 1. The molecule has 3 aromatic rings. The fraction of sp³-hybridized carbons (Fsp3) is 0.346. The number of hydrogen-bond acceptors (Lipinski definition) is 7. The normalized spacial score (nSPS) is 14.3. The minimum atomic E-state index is -0.417. The van der Waals surface area contributed by atoms with Crippen LogP contribution in [-0.4, -0.2) is 61.6 Å². The van der Waals surface area contributed by atoms with Crippen LogP contribution in [0.2, 0.25) is 0 Å². The average Bonchev–Trinajstić information content (AvgIpc) is 3.00. The van der Waals surface area contributed by atoms with Crippen molar-refractivity contribution in [1.82, 2.24) is 20.2 Å². The third kappa shape index (κ3) is 5.68. The lowest BCUT2D eigenvalue weighted by atomic mass is 10.1. The molecule has 184 valence electrons. The Morgan fingerprint density at radius 1 is 1.17 bits per heavy atom. The molecule has 0 radical (unpaired) electrons. The SMILES string of the molecule is CNCCC(Oc1ccc(CN2CCN(C)c3nc(OC)ncc3C2=O)c(F)c1)c1ccccc1. The van der Waals surface area contributed by atoms with Gasteiger partial charge in [-0.15, -0.1) is 0 Å². The standard InChI is InChI=1S/C26H30FN5O3/c1-28-12-11-23(18-7-5-4-6-8-18)35-20-10-9-19(22(27)15-20)17-32-14-13-31(2)24-21(25(32)33)16-29-26(30-24)34-3/h4-10,15-16,23,28H,11-14,17H2,1-3H3. The van der Waals surface area contributed by atoms with Crippen molar-refractivity contribution in [2.45, 2.75) is 19.1 Å². The predicted molar refractivity (Wildman–Crippen MR) is 131 cm³/mol. The summed E-state index contributed by atoms with van der Waals surface area (Å²) in [7, 11) is 5.22. The molecule has 4 rings (SSSR count). The number of benzene rings is 2. The molecule has 1 unspecified atom stereocenters. The third-order valence-electron chi connectivity index (χ3n) is 6.01. The highest BCUT2D eigenvalue weighted by molar-refractivity contribution is 5.99. The van der Waals surface area contributed by atoms with E-state index in [-0.39, 0.29) is 24.6 Å². The van der Waals surface area contributed by atoms with Crippen LogP contribution in [0.1, 0.15) is 34.0 Å². The number of nitrogens with zero attached hydrogens (tertiary/aromatic N) is 4. The molecule has 0 saturated carbocycles. The number of carbonyl (C=O) groups excluding carboxylic acids is 1. The zero-order valence-corrected chi connectivity index (χ0v) is 20.2. The summed E-state index contributed by atoms with van der Waals surface area (Å²) in [6, 6.07) is 14.9. The van der Waals surface area contributed by atoms with Crippen LogP contribution in [0.5, 0.6) is 11.8 Å². The molecule has 8 nitrogen and oxygen atoms in total. The minimum Gasteiger partial charge on any atom is -0.486 e. The molecule has 1 atom stereocenters. The van der Waals surface area contributed by atoms with Gasteiger partial charge in [-0.25, -0.2) is 9.37 Å². The molecule has 0 saturated heterocycles. The second-order valence-electron chi connectivity index (χ2n) is 8.40. The zero-order chi connectivity index (χ0) is 24.8. The molecule has 2 heterocycles. The summed E-state index contributed by atoms with van der Waals surface area (Å²) in [5.74, 6) is 0.286. The molecule has 2 aromatic carbocycles. The first-order valence-electron chi connectivity index (χ1n) is 11.6. The van der Waals surface area contributed by atoms with Gasteiger partial charge in [-0.3, -0.25) is 4.79 Å². The van der Waals surface area contributed by atoms with E-state index in [1.54, 1.807) is 17.0 Å². The van der Waals surface area contributed by atoms with Crippen LogP contribution >= 0.6 is 0 Å².